The molecule has 0 aromatic rings. The smallest absolute Gasteiger partial charge is 0.204 e. The minimum atomic E-state index is 0.391. The topological polar surface area (TPSA) is 27.6 Å². The minimum Gasteiger partial charge on any atom is -0.349 e. The van der Waals surface area contributed by atoms with E-state index in [2.05, 4.69) is 58.0 Å². The number of nitrogens with one attached hydrogen (secondary N) is 1. The summed E-state index contributed by atoms with van der Waals surface area (Å²) in [6, 6.07) is 0.391. The average Bonchev–Trinajstić information content (AvgIpc) is 2.39. The molecule has 94 valence electrons. The van der Waals surface area contributed by atoms with Gasteiger partial charge in [-0.15, -0.1) is 11.8 Å². The lowest BCUT2D eigenvalue weighted by Gasteiger charge is -2.32. The van der Waals surface area contributed by atoms with Gasteiger partial charge in [-0.25, -0.2) is 4.99 Å². The summed E-state index contributed by atoms with van der Waals surface area (Å²) >= 11 is 1.70. The lowest BCUT2D eigenvalue weighted by atomic mass is 9.95. The molecular weight excluding hydrogens is 242 g/mol. The van der Waals surface area contributed by atoms with E-state index in [0.29, 0.717) is 6.04 Å². The highest BCUT2D eigenvalue weighted by molar-refractivity contribution is 8.02. The monoisotopic (exact) mass is 259 g/mol. The van der Waals surface area contributed by atoms with Gasteiger partial charge < -0.3 is 10.2 Å². The van der Waals surface area contributed by atoms with Crippen LogP contribution in [-0.2, 0) is 0 Å². The summed E-state index contributed by atoms with van der Waals surface area (Å²) < 4.78 is 0. The molecule has 0 aromatic carbocycles. The van der Waals surface area contributed by atoms with E-state index >= 15 is 0 Å². The fraction of sp³-hybridized carbons (Fsp3) is 0.357. The van der Waals surface area contributed by atoms with Crippen LogP contribution in [-0.4, -0.2) is 29.7 Å². The molecule has 0 amide bonds. The van der Waals surface area contributed by atoms with Crippen LogP contribution in [0.1, 0.15) is 12.8 Å². The van der Waals surface area contributed by atoms with E-state index in [-0.39, 0.29) is 0 Å². The first-order valence-corrected chi connectivity index (χ1v) is 7.50. The van der Waals surface area contributed by atoms with Crippen molar-refractivity contribution in [3.8, 4) is 0 Å². The van der Waals surface area contributed by atoms with E-state index in [0.717, 1.165) is 30.4 Å². The second kappa shape index (κ2) is 5.06. The molecule has 0 aromatic heterocycles. The number of hydrogen-bond acceptors (Lipinski definition) is 4. The Morgan fingerprint density at radius 1 is 1.50 bits per heavy atom. The molecule has 3 rings (SSSR count). The number of nitrogens with zero attached hydrogens (tertiary/aromatic N) is 2. The van der Waals surface area contributed by atoms with Crippen LogP contribution in [0.2, 0.25) is 0 Å². The van der Waals surface area contributed by atoms with Crippen LogP contribution in [0.15, 0.2) is 52.2 Å². The number of fused-ring (bicyclic) bond motifs is 2. The van der Waals surface area contributed by atoms with Crippen molar-refractivity contribution in [1.82, 2.24) is 10.2 Å². The molecular formula is C14H17N3S. The standard InChI is InChI=1S/C14H17N3S/c1-18-13-8-10-17-9-4-6-11-5-2-3-7-12(11)15-14(17)16-13/h2,4-6,8-9,12H,3,7,10H2,1H3,(H,15,16)/b9-4-,11-6-. The number of thioether (sulfide) groups is 1. The van der Waals surface area contributed by atoms with Gasteiger partial charge in [0.1, 0.15) is 0 Å². The molecule has 4 heteroatoms. The highest BCUT2D eigenvalue weighted by atomic mass is 32.2. The lowest BCUT2D eigenvalue weighted by Crippen LogP contribution is -2.46. The predicted molar refractivity (Wildman–Crippen MR) is 78.3 cm³/mol. The molecule has 3 aliphatic rings. The predicted octanol–water partition coefficient (Wildman–Crippen LogP) is 2.62. The maximum absolute atomic E-state index is 4.67. The summed E-state index contributed by atoms with van der Waals surface area (Å²) in [6.07, 6.45) is 17.4. The summed E-state index contributed by atoms with van der Waals surface area (Å²) in [5, 5.41) is 4.67. The molecule has 0 radical (unpaired) electrons. The van der Waals surface area contributed by atoms with Crippen LogP contribution < -0.4 is 5.32 Å². The SMILES string of the molecule is CSC1=CCN2/C=C\C=C3\C=CCCC3NC2=N1. The molecule has 0 bridgehead atoms. The van der Waals surface area contributed by atoms with Crippen molar-refractivity contribution in [2.45, 2.75) is 18.9 Å². The number of rotatable bonds is 1. The summed E-state index contributed by atoms with van der Waals surface area (Å²) in [6.45, 7) is 0.893. The molecule has 18 heavy (non-hydrogen) atoms. The van der Waals surface area contributed by atoms with Gasteiger partial charge in [0.25, 0.3) is 0 Å². The second-order valence-electron chi connectivity index (χ2n) is 4.52. The third kappa shape index (κ3) is 2.25. The van der Waals surface area contributed by atoms with Crippen LogP contribution in [0.25, 0.3) is 0 Å². The van der Waals surface area contributed by atoms with Crippen molar-refractivity contribution in [2.24, 2.45) is 4.99 Å². The first-order valence-electron chi connectivity index (χ1n) is 6.28. The average molecular weight is 259 g/mol. The van der Waals surface area contributed by atoms with Gasteiger partial charge in [-0.1, -0.05) is 18.2 Å². The van der Waals surface area contributed by atoms with E-state index in [4.69, 9.17) is 0 Å². The van der Waals surface area contributed by atoms with Crippen molar-refractivity contribution < 1.29 is 0 Å². The van der Waals surface area contributed by atoms with Crippen LogP contribution in [0, 0.1) is 0 Å². The van der Waals surface area contributed by atoms with Crippen LogP contribution >= 0.6 is 11.8 Å². The van der Waals surface area contributed by atoms with E-state index < -0.39 is 0 Å². The Morgan fingerprint density at radius 2 is 2.44 bits per heavy atom. The molecule has 1 aliphatic carbocycles. The van der Waals surface area contributed by atoms with Crippen LogP contribution in [0.4, 0.5) is 0 Å². The molecule has 0 spiro atoms. The van der Waals surface area contributed by atoms with Gasteiger partial charge in [0.05, 0.1) is 11.1 Å². The molecule has 2 aliphatic heterocycles. The van der Waals surface area contributed by atoms with E-state index in [1.165, 1.54) is 5.57 Å². The number of aliphatic imine (C=N–C) groups is 1. The molecule has 2 heterocycles. The summed E-state index contributed by atoms with van der Waals surface area (Å²) in [5.74, 6) is 0.976. The van der Waals surface area contributed by atoms with Crippen molar-refractivity contribution in [3.63, 3.8) is 0 Å². The van der Waals surface area contributed by atoms with Gasteiger partial charge in [-0.2, -0.15) is 0 Å². The fourth-order valence-electron chi connectivity index (χ4n) is 2.36. The molecule has 1 N–H and O–H groups in total. The van der Waals surface area contributed by atoms with Gasteiger partial charge in [0.15, 0.2) is 0 Å². The Balaban J connectivity index is 1.91. The Labute approximate surface area is 112 Å². The first kappa shape index (κ1) is 11.7. The highest BCUT2D eigenvalue weighted by Gasteiger charge is 2.21. The van der Waals surface area contributed by atoms with Crippen molar-refractivity contribution in [1.29, 1.82) is 0 Å². The molecule has 0 fully saturated rings. The maximum Gasteiger partial charge on any atom is 0.204 e. The molecule has 0 saturated carbocycles. The van der Waals surface area contributed by atoms with Crippen LogP contribution in [0.3, 0.4) is 0 Å². The van der Waals surface area contributed by atoms with Crippen molar-refractivity contribution in [2.75, 3.05) is 12.8 Å². The zero-order valence-corrected chi connectivity index (χ0v) is 11.3. The first-order chi connectivity index (χ1) is 8.86. The van der Waals surface area contributed by atoms with Gasteiger partial charge in [0.2, 0.25) is 5.96 Å². The number of allylic oxidation sites excluding steroid dienone is 3. The summed E-state index contributed by atoms with van der Waals surface area (Å²) in [5.41, 5.74) is 1.35. The van der Waals surface area contributed by atoms with Crippen LogP contribution in [0.5, 0.6) is 0 Å². The summed E-state index contributed by atoms with van der Waals surface area (Å²) in [4.78, 5) is 6.83. The highest BCUT2D eigenvalue weighted by Crippen LogP contribution is 2.22. The zero-order valence-electron chi connectivity index (χ0n) is 10.5. The second-order valence-corrected chi connectivity index (χ2v) is 5.35. The molecule has 1 atom stereocenters. The Bertz CT molecular complexity index is 485. The van der Waals surface area contributed by atoms with Gasteiger partial charge in [-0.05, 0) is 36.8 Å². The maximum atomic E-state index is 4.67. The number of hydrogen-bond donors (Lipinski definition) is 1. The van der Waals surface area contributed by atoms with Gasteiger partial charge in [-0.3, -0.25) is 0 Å². The molecule has 1 unspecified atom stereocenters. The Morgan fingerprint density at radius 3 is 3.33 bits per heavy atom. The van der Waals surface area contributed by atoms with E-state index in [1.807, 2.05) is 0 Å². The fourth-order valence-corrected chi connectivity index (χ4v) is 2.78. The Kier molecular flexibility index (Phi) is 3.28. The lowest BCUT2D eigenvalue weighted by molar-refractivity contribution is 0.533. The third-order valence-electron chi connectivity index (χ3n) is 3.35. The molecule has 0 saturated heterocycles. The van der Waals surface area contributed by atoms with Gasteiger partial charge in [0, 0.05) is 12.7 Å². The van der Waals surface area contributed by atoms with Crippen molar-refractivity contribution >= 4 is 17.7 Å². The molecule has 3 nitrogen and oxygen atoms in total. The van der Waals surface area contributed by atoms with Gasteiger partial charge >= 0.3 is 0 Å². The summed E-state index contributed by atoms with van der Waals surface area (Å²) in [7, 11) is 0. The quantitative estimate of drug-likeness (QED) is 0.784. The number of guanidine groups is 1. The zero-order chi connectivity index (χ0) is 12.4. The third-order valence-corrected chi connectivity index (χ3v) is 4.03. The van der Waals surface area contributed by atoms with Crippen molar-refractivity contribution in [3.05, 3.63) is 47.2 Å². The van der Waals surface area contributed by atoms with E-state index in [9.17, 15) is 0 Å². The minimum absolute atomic E-state index is 0.391. The largest absolute Gasteiger partial charge is 0.349 e. The Hall–Kier alpha value is -1.42. The van der Waals surface area contributed by atoms with E-state index in [1.54, 1.807) is 11.8 Å². The normalized spacial score (nSPS) is 30.6.